The Bertz CT molecular complexity index is 1360. The van der Waals surface area contributed by atoms with Gasteiger partial charge < -0.3 is 21.5 Å². The molecule has 1 unspecified atom stereocenters. The molecule has 4 aliphatic rings. The van der Waals surface area contributed by atoms with Gasteiger partial charge in [-0.15, -0.1) is 0 Å². The van der Waals surface area contributed by atoms with Gasteiger partial charge >= 0.3 is 0 Å². The van der Waals surface area contributed by atoms with Crippen LogP contribution in [0.3, 0.4) is 0 Å². The van der Waals surface area contributed by atoms with Crippen LogP contribution in [0.1, 0.15) is 61.4 Å². The summed E-state index contributed by atoms with van der Waals surface area (Å²) in [7, 11) is 1.35. The van der Waals surface area contributed by atoms with Gasteiger partial charge in [-0.2, -0.15) is 8.78 Å². The summed E-state index contributed by atoms with van der Waals surface area (Å²) in [5, 5.41) is 3.05. The number of benzene rings is 1. The molecule has 10 heteroatoms. The van der Waals surface area contributed by atoms with Gasteiger partial charge in [0.15, 0.2) is 0 Å². The molecule has 0 spiro atoms. The summed E-state index contributed by atoms with van der Waals surface area (Å²) in [6.07, 6.45) is 4.45. The molecule has 1 aromatic carbocycles. The van der Waals surface area contributed by atoms with Crippen molar-refractivity contribution in [3.05, 3.63) is 64.7 Å². The van der Waals surface area contributed by atoms with Crippen molar-refractivity contribution in [1.82, 2.24) is 5.32 Å². The molecule has 40 heavy (non-hydrogen) atoms. The van der Waals surface area contributed by atoms with Crippen LogP contribution in [0.2, 0.25) is 0 Å². The van der Waals surface area contributed by atoms with Gasteiger partial charge in [0, 0.05) is 23.6 Å². The smallest absolute Gasteiger partial charge is 0.269 e. The number of rotatable bonds is 8. The number of nitrogens with two attached hydrogens (primary N) is 2. The van der Waals surface area contributed by atoms with Crippen molar-refractivity contribution in [2.24, 2.45) is 46.0 Å². The zero-order valence-electron chi connectivity index (χ0n) is 22.6. The standard InChI is InChI=1S/C30H34F3N3O4/c1-29(8-3-9-29)14-36-27(38)23-17-11-19(20(12-17)25(32)33)24(23)30(28(35)39)13-16(5-7-22(30)40-2)18-10-15(26(34)37)4-6-21(18)31/h4-7,10,17,19,23-24H,3,8-9,11-14H2,1-2H3,(H2,34,37)(H2,35,39)(H,36,38)/t17-,19-,23-,24+,30?/m0/s1. The van der Waals surface area contributed by atoms with E-state index < -0.39 is 52.8 Å². The number of primary amides is 2. The van der Waals surface area contributed by atoms with E-state index in [4.69, 9.17) is 16.2 Å². The predicted molar refractivity (Wildman–Crippen MR) is 142 cm³/mol. The number of methoxy groups -OCH3 is 1. The lowest BCUT2D eigenvalue weighted by molar-refractivity contribution is -0.138. The molecule has 5 atom stereocenters. The fourth-order valence-corrected chi connectivity index (χ4v) is 7.57. The van der Waals surface area contributed by atoms with Crippen molar-refractivity contribution in [2.75, 3.05) is 13.7 Å². The maximum atomic E-state index is 15.1. The monoisotopic (exact) mass is 557 g/mol. The van der Waals surface area contributed by atoms with Gasteiger partial charge in [0.1, 0.15) is 17.0 Å². The van der Waals surface area contributed by atoms with E-state index in [1.54, 1.807) is 6.08 Å². The van der Waals surface area contributed by atoms with Crippen LogP contribution in [0.5, 0.6) is 0 Å². The second-order valence-corrected chi connectivity index (χ2v) is 12.0. The van der Waals surface area contributed by atoms with Gasteiger partial charge in [-0.05, 0) is 90.7 Å². The first-order valence-electron chi connectivity index (χ1n) is 13.6. The van der Waals surface area contributed by atoms with Crippen molar-refractivity contribution in [2.45, 2.75) is 45.4 Å². The van der Waals surface area contributed by atoms with Crippen molar-refractivity contribution in [1.29, 1.82) is 0 Å². The van der Waals surface area contributed by atoms with Crippen LogP contribution in [0.4, 0.5) is 13.2 Å². The number of halogens is 3. The van der Waals surface area contributed by atoms with E-state index in [0.29, 0.717) is 18.5 Å². The molecule has 4 aliphatic carbocycles. The Labute approximate surface area is 230 Å². The summed E-state index contributed by atoms with van der Waals surface area (Å²) in [6, 6.07) is 3.64. The summed E-state index contributed by atoms with van der Waals surface area (Å²) in [4.78, 5) is 39.1. The molecule has 0 aliphatic heterocycles. The number of hydrogen-bond acceptors (Lipinski definition) is 4. The molecule has 0 aromatic heterocycles. The first-order chi connectivity index (χ1) is 18.9. The van der Waals surface area contributed by atoms with Gasteiger partial charge in [-0.25, -0.2) is 4.39 Å². The fourth-order valence-electron chi connectivity index (χ4n) is 7.57. The van der Waals surface area contributed by atoms with E-state index in [0.717, 1.165) is 25.3 Å². The molecule has 5 rings (SSSR count). The van der Waals surface area contributed by atoms with Gasteiger partial charge in [0.25, 0.3) is 6.08 Å². The average molecular weight is 558 g/mol. The molecule has 0 saturated heterocycles. The van der Waals surface area contributed by atoms with Crippen molar-refractivity contribution in [3.63, 3.8) is 0 Å². The van der Waals surface area contributed by atoms with Gasteiger partial charge in [0.2, 0.25) is 17.7 Å². The van der Waals surface area contributed by atoms with Crippen LogP contribution in [0.15, 0.2) is 47.8 Å². The van der Waals surface area contributed by atoms with Gasteiger partial charge in [0.05, 0.1) is 7.11 Å². The molecule has 7 nitrogen and oxygen atoms in total. The van der Waals surface area contributed by atoms with Crippen LogP contribution in [-0.4, -0.2) is 31.4 Å². The number of hydrogen-bond donors (Lipinski definition) is 3. The zero-order chi connectivity index (χ0) is 29.0. The van der Waals surface area contributed by atoms with Crippen molar-refractivity contribution >= 4 is 23.3 Å². The van der Waals surface area contributed by atoms with Crippen molar-refractivity contribution < 1.29 is 32.3 Å². The maximum Gasteiger partial charge on any atom is 0.269 e. The number of nitrogens with one attached hydrogen (secondary N) is 1. The zero-order valence-corrected chi connectivity index (χ0v) is 22.6. The van der Waals surface area contributed by atoms with Crippen LogP contribution < -0.4 is 16.8 Å². The first-order valence-corrected chi connectivity index (χ1v) is 13.6. The molecule has 3 saturated carbocycles. The minimum Gasteiger partial charge on any atom is -0.500 e. The van der Waals surface area contributed by atoms with Gasteiger partial charge in [-0.1, -0.05) is 19.4 Å². The molecule has 214 valence electrons. The van der Waals surface area contributed by atoms with Crippen LogP contribution in [-0.2, 0) is 14.3 Å². The van der Waals surface area contributed by atoms with Gasteiger partial charge in [-0.3, -0.25) is 14.4 Å². The Balaban J connectivity index is 1.60. The highest BCUT2D eigenvalue weighted by molar-refractivity contribution is 5.95. The molecule has 1 aromatic rings. The third-order valence-electron chi connectivity index (χ3n) is 9.78. The molecule has 3 amide bonds. The SMILES string of the molecule is COC1=CC=C(c2cc(C(N)=O)ccc2F)CC1(C(N)=O)[C@H]1[C@@H](C(=O)NCC2(C)CCC2)[C@@H]2CC(=C(F)F)[C@@H]1C2. The Hall–Kier alpha value is -3.56. The molecular formula is C30H34F3N3O4. The molecule has 0 radical (unpaired) electrons. The summed E-state index contributed by atoms with van der Waals surface area (Å²) in [5.74, 6) is -5.32. The number of carbonyl (C=O) groups excluding carboxylic acids is 3. The van der Waals surface area contributed by atoms with E-state index in [1.165, 1.54) is 25.3 Å². The predicted octanol–water partition coefficient (Wildman–Crippen LogP) is 4.44. The number of allylic oxidation sites excluding steroid dienone is 4. The third kappa shape index (κ3) is 4.41. The molecule has 2 bridgehead atoms. The lowest BCUT2D eigenvalue weighted by Gasteiger charge is -2.46. The molecule has 3 fully saturated rings. The van der Waals surface area contributed by atoms with Crippen LogP contribution >= 0.6 is 0 Å². The third-order valence-corrected chi connectivity index (χ3v) is 9.78. The second kappa shape index (κ2) is 10.1. The first kappa shape index (κ1) is 28.0. The normalized spacial score (nSPS) is 30.2. The van der Waals surface area contributed by atoms with E-state index in [-0.39, 0.29) is 46.6 Å². The maximum absolute atomic E-state index is 15.1. The fraction of sp³-hybridized carbons (Fsp3) is 0.500. The minimum atomic E-state index is -1.81. The topological polar surface area (TPSA) is 125 Å². The second-order valence-electron chi connectivity index (χ2n) is 12.0. The summed E-state index contributed by atoms with van der Waals surface area (Å²) < 4.78 is 49.0. The Morgan fingerprint density at radius 3 is 2.45 bits per heavy atom. The lowest BCUT2D eigenvalue weighted by Crippen LogP contribution is -2.54. The highest BCUT2D eigenvalue weighted by Crippen LogP contribution is 2.65. The van der Waals surface area contributed by atoms with E-state index >= 15 is 4.39 Å². The van der Waals surface area contributed by atoms with Crippen LogP contribution in [0.25, 0.3) is 5.57 Å². The molecule has 0 heterocycles. The summed E-state index contributed by atoms with van der Waals surface area (Å²) in [5.41, 5.74) is 10.1. The summed E-state index contributed by atoms with van der Waals surface area (Å²) in [6.45, 7) is 2.55. The summed E-state index contributed by atoms with van der Waals surface area (Å²) >= 11 is 0. The Kier molecular flexibility index (Phi) is 7.08. The Morgan fingerprint density at radius 1 is 1.15 bits per heavy atom. The largest absolute Gasteiger partial charge is 0.500 e. The molecule has 5 N–H and O–H groups in total. The highest BCUT2D eigenvalue weighted by Gasteiger charge is 2.65. The minimum absolute atomic E-state index is 0.0123. The number of amides is 3. The highest BCUT2D eigenvalue weighted by atomic mass is 19.3. The average Bonchev–Trinajstić information content (AvgIpc) is 3.50. The number of ether oxygens (including phenoxy) is 1. The number of carbonyl (C=O) groups is 3. The number of fused-ring (bicyclic) bond motifs is 2. The van der Waals surface area contributed by atoms with E-state index in [9.17, 15) is 23.2 Å². The van der Waals surface area contributed by atoms with E-state index in [1.807, 2.05) is 0 Å². The Morgan fingerprint density at radius 2 is 1.88 bits per heavy atom. The van der Waals surface area contributed by atoms with Crippen LogP contribution in [0, 0.1) is 40.3 Å². The molecular weight excluding hydrogens is 523 g/mol. The lowest BCUT2D eigenvalue weighted by atomic mass is 9.57. The quantitative estimate of drug-likeness (QED) is 0.437. The van der Waals surface area contributed by atoms with Crippen molar-refractivity contribution in [3.8, 4) is 0 Å². The van der Waals surface area contributed by atoms with E-state index in [2.05, 4.69) is 12.2 Å².